The third-order valence-electron chi connectivity index (χ3n) is 1.05. The molecule has 12 heavy (non-hydrogen) atoms. The third-order valence-corrected chi connectivity index (χ3v) is 2.41. The Bertz CT molecular complexity index is 289. The molecule has 1 aromatic rings. The summed E-state index contributed by atoms with van der Waals surface area (Å²) in [4.78, 5) is 8.83. The third kappa shape index (κ3) is 2.97. The molecule has 1 rings (SSSR count). The van der Waals surface area contributed by atoms with Gasteiger partial charge in [-0.05, 0) is 0 Å². The van der Waals surface area contributed by atoms with Gasteiger partial charge in [0, 0.05) is 0 Å². The van der Waals surface area contributed by atoms with E-state index < -0.39 is 7.82 Å². The van der Waals surface area contributed by atoms with Crippen molar-refractivity contribution in [3.8, 4) is 5.75 Å². The van der Waals surface area contributed by atoms with Crippen molar-refractivity contribution in [2.45, 2.75) is 0 Å². The van der Waals surface area contributed by atoms with E-state index in [4.69, 9.17) is 4.89 Å². The Morgan fingerprint density at radius 1 is 1.33 bits per heavy atom. The fourth-order valence-corrected chi connectivity index (χ4v) is 1.17. The molecule has 0 bridgehead atoms. The summed E-state index contributed by atoms with van der Waals surface area (Å²) >= 11 is 2.82. The normalized spacial score (nSPS) is 15.2. The summed E-state index contributed by atoms with van der Waals surface area (Å²) < 4.78 is 19.4. The molecule has 4 nitrogen and oxygen atoms in total. The summed E-state index contributed by atoms with van der Waals surface area (Å²) in [6.45, 7) is 0. The van der Waals surface area contributed by atoms with E-state index in [0.717, 1.165) is 0 Å². The van der Waals surface area contributed by atoms with Gasteiger partial charge in [-0.25, -0.2) is 0 Å². The second kappa shape index (κ2) is 4.08. The summed E-state index contributed by atoms with van der Waals surface area (Å²) in [7, 11) is -4.01. The van der Waals surface area contributed by atoms with Gasteiger partial charge in [0.15, 0.2) is 0 Å². The van der Waals surface area contributed by atoms with Crippen molar-refractivity contribution in [3.05, 3.63) is 30.3 Å². The topological polar surface area (TPSA) is 55.8 Å². The van der Waals surface area contributed by atoms with Gasteiger partial charge in [0.1, 0.15) is 0 Å². The van der Waals surface area contributed by atoms with Crippen LogP contribution in [0.25, 0.3) is 0 Å². The summed E-state index contributed by atoms with van der Waals surface area (Å²) in [5.74, 6) is 0.270. The molecule has 1 aromatic carbocycles. The first-order valence-corrected chi connectivity index (χ1v) is 4.95. The first-order chi connectivity index (χ1) is 5.64. The average molecular weight is 229 g/mol. The standard InChI is InChI=1S/C6H7O4P.Fe/c7-11(8,9)10-6-4-2-1-3-5-6;/h1-5H,(H2,7,8,9);/q;+1/p-1. The molecule has 0 aliphatic carbocycles. The van der Waals surface area contributed by atoms with Gasteiger partial charge in [-0.3, -0.25) is 0 Å². The SMILES string of the molecule is O=P(O)([O][Fe])Oc1ccccc1. The number of hydrogen-bond donors (Lipinski definition) is 1. The van der Waals surface area contributed by atoms with Crippen LogP contribution in [-0.4, -0.2) is 4.89 Å². The second-order valence-corrected chi connectivity index (χ2v) is 3.79. The van der Waals surface area contributed by atoms with Crippen LogP contribution in [0.15, 0.2) is 30.3 Å². The molecule has 0 fully saturated rings. The quantitative estimate of drug-likeness (QED) is 0.632. The Hall–Kier alpha value is -0.311. The molecule has 0 aliphatic rings. The van der Waals surface area contributed by atoms with Gasteiger partial charge in [0.25, 0.3) is 0 Å². The Morgan fingerprint density at radius 3 is 2.42 bits per heavy atom. The number of rotatable bonds is 3. The number of hydrogen-bond acceptors (Lipinski definition) is 3. The van der Waals surface area contributed by atoms with E-state index in [1.54, 1.807) is 30.3 Å². The first-order valence-electron chi connectivity index (χ1n) is 3.01. The van der Waals surface area contributed by atoms with Crippen LogP contribution in [-0.2, 0) is 24.5 Å². The predicted molar refractivity (Wildman–Crippen MR) is 38.0 cm³/mol. The molecule has 0 amide bonds. The van der Waals surface area contributed by atoms with Crippen molar-refractivity contribution in [2.24, 2.45) is 0 Å². The zero-order valence-corrected chi connectivity index (χ0v) is 7.86. The van der Waals surface area contributed by atoms with Crippen LogP contribution >= 0.6 is 7.82 Å². The fraction of sp³-hybridized carbons (Fsp3) is 0. The van der Waals surface area contributed by atoms with Crippen molar-refractivity contribution in [3.63, 3.8) is 0 Å². The van der Waals surface area contributed by atoms with Gasteiger partial charge in [0.2, 0.25) is 0 Å². The van der Waals surface area contributed by atoms with E-state index >= 15 is 0 Å². The summed E-state index contributed by atoms with van der Waals surface area (Å²) in [5, 5.41) is 0. The number of phosphoric acid groups is 1. The van der Waals surface area contributed by atoms with E-state index in [2.05, 4.69) is 24.5 Å². The minimum atomic E-state index is -4.01. The molecule has 0 radical (unpaired) electrons. The van der Waals surface area contributed by atoms with E-state index in [-0.39, 0.29) is 5.75 Å². The monoisotopic (exact) mass is 229 g/mol. The minimum absolute atomic E-state index is 0.270. The molecule has 0 heterocycles. The fourth-order valence-electron chi connectivity index (χ4n) is 0.628. The van der Waals surface area contributed by atoms with Crippen molar-refractivity contribution in [1.29, 1.82) is 0 Å². The summed E-state index contributed by atoms with van der Waals surface area (Å²) in [6, 6.07) is 8.21. The summed E-state index contributed by atoms with van der Waals surface area (Å²) in [5.41, 5.74) is 0. The molecule has 0 aromatic heterocycles. The molecule has 0 saturated carbocycles. The van der Waals surface area contributed by atoms with Gasteiger partial charge in [0.05, 0.1) is 0 Å². The molecule has 1 N–H and O–H groups in total. The summed E-state index contributed by atoms with van der Waals surface area (Å²) in [6.07, 6.45) is 0. The molecule has 0 spiro atoms. The molecule has 67 valence electrons. The van der Waals surface area contributed by atoms with Crippen molar-refractivity contribution in [2.75, 3.05) is 0 Å². The van der Waals surface area contributed by atoms with E-state index in [9.17, 15) is 4.57 Å². The molecule has 1 unspecified atom stereocenters. The van der Waals surface area contributed by atoms with Crippen molar-refractivity contribution in [1.82, 2.24) is 0 Å². The van der Waals surface area contributed by atoms with Crippen LogP contribution in [0.3, 0.4) is 0 Å². The molecule has 0 saturated heterocycles. The second-order valence-electron chi connectivity index (χ2n) is 1.94. The van der Waals surface area contributed by atoms with Crippen LogP contribution < -0.4 is 4.52 Å². The Labute approximate surface area is 78.3 Å². The van der Waals surface area contributed by atoms with Crippen LogP contribution in [0.1, 0.15) is 0 Å². The van der Waals surface area contributed by atoms with Gasteiger partial charge in [-0.2, -0.15) is 0 Å². The van der Waals surface area contributed by atoms with E-state index in [0.29, 0.717) is 0 Å². The van der Waals surface area contributed by atoms with Gasteiger partial charge < -0.3 is 0 Å². The number of phosphoric ester groups is 1. The van der Waals surface area contributed by atoms with Gasteiger partial charge in [-0.1, -0.05) is 0 Å². The van der Waals surface area contributed by atoms with Crippen LogP contribution in [0, 0.1) is 0 Å². The predicted octanol–water partition coefficient (Wildman–Crippen LogP) is 1.64. The molecule has 6 heteroatoms. The zero-order valence-electron chi connectivity index (χ0n) is 5.86. The van der Waals surface area contributed by atoms with Crippen molar-refractivity contribution < 1.29 is 33.9 Å². The first kappa shape index (κ1) is 9.78. The van der Waals surface area contributed by atoms with Gasteiger partial charge >= 0.3 is 77.8 Å². The number of benzene rings is 1. The van der Waals surface area contributed by atoms with Crippen LogP contribution in [0.5, 0.6) is 5.75 Å². The van der Waals surface area contributed by atoms with Crippen molar-refractivity contribution >= 4 is 7.82 Å². The Morgan fingerprint density at radius 2 is 1.92 bits per heavy atom. The Balaban J connectivity index is 2.71. The van der Waals surface area contributed by atoms with Gasteiger partial charge in [-0.15, -0.1) is 0 Å². The van der Waals surface area contributed by atoms with Crippen LogP contribution in [0.2, 0.25) is 0 Å². The average Bonchev–Trinajstić information content (AvgIpc) is 2.06. The maximum atomic E-state index is 10.8. The molecule has 1 atom stereocenters. The maximum absolute atomic E-state index is 10.8. The molecule has 0 aliphatic heterocycles. The van der Waals surface area contributed by atoms with E-state index in [1.165, 1.54) is 0 Å². The zero-order chi connectivity index (χ0) is 9.03. The van der Waals surface area contributed by atoms with Crippen LogP contribution in [0.4, 0.5) is 0 Å². The van der Waals surface area contributed by atoms with E-state index in [1.807, 2.05) is 0 Å². The molecular weight excluding hydrogens is 223 g/mol. The number of para-hydroxylation sites is 1. The molecular formula is C6H6FeO4P. The Kier molecular flexibility index (Phi) is 3.32.